The molecule has 4 N–H and O–H groups in total. The SMILES string of the molecule is Cc1cc(C(=O)N2CCC(C(N)=O)CC2)cc(S(N)(=O)=O)c1. The van der Waals surface area contributed by atoms with E-state index < -0.39 is 10.0 Å². The Bertz CT molecular complexity index is 707. The monoisotopic (exact) mass is 325 g/mol. The number of rotatable bonds is 3. The molecule has 0 radical (unpaired) electrons. The van der Waals surface area contributed by atoms with Crippen LogP contribution >= 0.6 is 0 Å². The first-order chi connectivity index (χ1) is 10.2. The molecule has 1 heterocycles. The summed E-state index contributed by atoms with van der Waals surface area (Å²) in [5.74, 6) is -0.822. The largest absolute Gasteiger partial charge is 0.369 e. The number of carbonyl (C=O) groups is 2. The third kappa shape index (κ3) is 3.63. The van der Waals surface area contributed by atoms with Crippen molar-refractivity contribution in [3.05, 3.63) is 29.3 Å². The van der Waals surface area contributed by atoms with Gasteiger partial charge in [-0.3, -0.25) is 9.59 Å². The number of nitrogens with two attached hydrogens (primary N) is 2. The fourth-order valence-corrected chi connectivity index (χ4v) is 3.23. The molecule has 120 valence electrons. The van der Waals surface area contributed by atoms with Crippen LogP contribution in [-0.4, -0.2) is 38.2 Å². The van der Waals surface area contributed by atoms with E-state index in [1.54, 1.807) is 17.9 Å². The fourth-order valence-electron chi connectivity index (χ4n) is 2.59. The Hall–Kier alpha value is -1.93. The van der Waals surface area contributed by atoms with E-state index >= 15 is 0 Å². The molecule has 22 heavy (non-hydrogen) atoms. The molecule has 0 atom stereocenters. The third-order valence-corrected chi connectivity index (χ3v) is 4.70. The first-order valence-corrected chi connectivity index (χ1v) is 8.46. The number of hydrogen-bond acceptors (Lipinski definition) is 4. The zero-order chi connectivity index (χ0) is 16.5. The van der Waals surface area contributed by atoms with E-state index in [0.717, 1.165) is 0 Å². The van der Waals surface area contributed by atoms with Crippen LogP contribution in [0.3, 0.4) is 0 Å². The highest BCUT2D eigenvalue weighted by Gasteiger charge is 2.27. The molecule has 2 amide bonds. The van der Waals surface area contributed by atoms with Gasteiger partial charge in [0.2, 0.25) is 15.9 Å². The van der Waals surface area contributed by atoms with Gasteiger partial charge in [-0.15, -0.1) is 0 Å². The Labute approximate surface area is 129 Å². The van der Waals surface area contributed by atoms with E-state index in [4.69, 9.17) is 10.9 Å². The van der Waals surface area contributed by atoms with Crippen LogP contribution in [0.5, 0.6) is 0 Å². The van der Waals surface area contributed by atoms with E-state index in [9.17, 15) is 18.0 Å². The molecule has 0 bridgehead atoms. The number of amides is 2. The van der Waals surface area contributed by atoms with Gasteiger partial charge < -0.3 is 10.6 Å². The lowest BCUT2D eigenvalue weighted by molar-refractivity contribution is -0.123. The molecule has 8 heteroatoms. The molecular formula is C14H19N3O4S. The van der Waals surface area contributed by atoms with Crippen molar-refractivity contribution < 1.29 is 18.0 Å². The minimum atomic E-state index is -3.86. The number of benzene rings is 1. The van der Waals surface area contributed by atoms with Crippen molar-refractivity contribution in [1.29, 1.82) is 0 Å². The summed E-state index contributed by atoms with van der Waals surface area (Å²) in [5, 5.41) is 5.12. The standard InChI is InChI=1S/C14H19N3O4S/c1-9-6-11(8-12(7-9)22(16,20)21)14(19)17-4-2-10(3-5-17)13(15)18/h6-8,10H,2-5H2,1H3,(H2,15,18)(H2,16,20,21). The van der Waals surface area contributed by atoms with Gasteiger partial charge >= 0.3 is 0 Å². The van der Waals surface area contributed by atoms with Gasteiger partial charge in [0, 0.05) is 24.6 Å². The maximum atomic E-state index is 12.5. The van der Waals surface area contributed by atoms with E-state index in [2.05, 4.69) is 0 Å². The lowest BCUT2D eigenvalue weighted by Gasteiger charge is -2.30. The van der Waals surface area contributed by atoms with Crippen molar-refractivity contribution in [3.8, 4) is 0 Å². The second kappa shape index (κ2) is 6.05. The van der Waals surface area contributed by atoms with Crippen molar-refractivity contribution in [2.24, 2.45) is 16.8 Å². The number of likely N-dealkylation sites (tertiary alicyclic amines) is 1. The van der Waals surface area contributed by atoms with Crippen LogP contribution < -0.4 is 10.9 Å². The Morgan fingerprint density at radius 2 is 1.77 bits per heavy atom. The van der Waals surface area contributed by atoms with E-state index in [-0.39, 0.29) is 28.2 Å². The maximum Gasteiger partial charge on any atom is 0.253 e. The average molecular weight is 325 g/mol. The highest BCUT2D eigenvalue weighted by molar-refractivity contribution is 7.89. The Morgan fingerprint density at radius 3 is 2.27 bits per heavy atom. The van der Waals surface area contributed by atoms with Gasteiger partial charge in [-0.1, -0.05) is 0 Å². The normalized spacial score (nSPS) is 16.5. The van der Waals surface area contributed by atoms with Crippen LogP contribution in [0.15, 0.2) is 23.1 Å². The summed E-state index contributed by atoms with van der Waals surface area (Å²) < 4.78 is 22.9. The second-order valence-electron chi connectivity index (χ2n) is 5.55. The molecule has 0 aromatic heterocycles. The van der Waals surface area contributed by atoms with Crippen LogP contribution in [0, 0.1) is 12.8 Å². The lowest BCUT2D eigenvalue weighted by atomic mass is 9.96. The minimum Gasteiger partial charge on any atom is -0.369 e. The molecule has 1 aromatic carbocycles. The Morgan fingerprint density at radius 1 is 1.18 bits per heavy atom. The van der Waals surface area contributed by atoms with Gasteiger partial charge in [0.15, 0.2) is 0 Å². The van der Waals surface area contributed by atoms with Crippen molar-refractivity contribution >= 4 is 21.8 Å². The molecule has 1 aliphatic heterocycles. The molecule has 1 saturated heterocycles. The molecule has 2 rings (SSSR count). The number of primary sulfonamides is 1. The molecule has 1 aromatic rings. The summed E-state index contributed by atoms with van der Waals surface area (Å²) in [6, 6.07) is 4.33. The molecule has 0 saturated carbocycles. The summed E-state index contributed by atoms with van der Waals surface area (Å²) in [6.45, 7) is 2.54. The van der Waals surface area contributed by atoms with Crippen LogP contribution in [0.25, 0.3) is 0 Å². The quantitative estimate of drug-likeness (QED) is 0.810. The van der Waals surface area contributed by atoms with Gasteiger partial charge in [0.25, 0.3) is 5.91 Å². The van der Waals surface area contributed by atoms with Gasteiger partial charge in [0.1, 0.15) is 0 Å². The zero-order valence-electron chi connectivity index (χ0n) is 12.3. The Kier molecular flexibility index (Phi) is 4.52. The minimum absolute atomic E-state index is 0.0807. The predicted molar refractivity (Wildman–Crippen MR) is 80.4 cm³/mol. The Balaban J connectivity index is 2.20. The summed E-state index contributed by atoms with van der Waals surface area (Å²) in [7, 11) is -3.86. The van der Waals surface area contributed by atoms with E-state index in [1.165, 1.54) is 12.1 Å². The number of aryl methyl sites for hydroxylation is 1. The van der Waals surface area contributed by atoms with E-state index in [0.29, 0.717) is 31.5 Å². The van der Waals surface area contributed by atoms with Gasteiger partial charge in [0.05, 0.1) is 4.90 Å². The van der Waals surface area contributed by atoms with Crippen molar-refractivity contribution in [3.63, 3.8) is 0 Å². The first kappa shape index (κ1) is 16.4. The number of carbonyl (C=O) groups excluding carboxylic acids is 2. The maximum absolute atomic E-state index is 12.5. The van der Waals surface area contributed by atoms with E-state index in [1.807, 2.05) is 0 Å². The molecular weight excluding hydrogens is 306 g/mol. The second-order valence-corrected chi connectivity index (χ2v) is 7.11. The number of piperidine rings is 1. The average Bonchev–Trinajstić information content (AvgIpc) is 2.45. The van der Waals surface area contributed by atoms with Crippen LogP contribution in [0.1, 0.15) is 28.8 Å². The molecule has 0 aliphatic carbocycles. The smallest absolute Gasteiger partial charge is 0.253 e. The van der Waals surface area contributed by atoms with Gasteiger partial charge in [-0.25, -0.2) is 13.6 Å². The number of sulfonamides is 1. The summed E-state index contributed by atoms with van der Waals surface area (Å²) in [4.78, 5) is 25.1. The molecule has 1 aliphatic rings. The highest BCUT2D eigenvalue weighted by atomic mass is 32.2. The molecule has 1 fully saturated rings. The third-order valence-electron chi connectivity index (χ3n) is 3.81. The summed E-state index contributed by atoms with van der Waals surface area (Å²) in [6.07, 6.45) is 1.05. The van der Waals surface area contributed by atoms with Crippen molar-refractivity contribution in [1.82, 2.24) is 4.90 Å². The van der Waals surface area contributed by atoms with Crippen molar-refractivity contribution in [2.45, 2.75) is 24.7 Å². The summed E-state index contributed by atoms with van der Waals surface area (Å²) >= 11 is 0. The van der Waals surface area contributed by atoms with Gasteiger partial charge in [-0.2, -0.15) is 0 Å². The predicted octanol–water partition coefficient (Wildman–Crippen LogP) is -0.0201. The number of primary amides is 1. The van der Waals surface area contributed by atoms with Crippen molar-refractivity contribution in [2.75, 3.05) is 13.1 Å². The van der Waals surface area contributed by atoms with Crippen LogP contribution in [0.4, 0.5) is 0 Å². The first-order valence-electron chi connectivity index (χ1n) is 6.91. The summed E-state index contributed by atoms with van der Waals surface area (Å²) in [5.41, 5.74) is 6.18. The molecule has 7 nitrogen and oxygen atoms in total. The van der Waals surface area contributed by atoms with Crippen LogP contribution in [-0.2, 0) is 14.8 Å². The number of nitrogens with zero attached hydrogens (tertiary/aromatic N) is 1. The fraction of sp³-hybridized carbons (Fsp3) is 0.429. The molecule has 0 spiro atoms. The highest BCUT2D eigenvalue weighted by Crippen LogP contribution is 2.20. The lowest BCUT2D eigenvalue weighted by Crippen LogP contribution is -2.41. The topological polar surface area (TPSA) is 124 Å². The number of hydrogen-bond donors (Lipinski definition) is 2. The zero-order valence-corrected chi connectivity index (χ0v) is 13.1. The van der Waals surface area contributed by atoms with Crippen LogP contribution in [0.2, 0.25) is 0 Å². The molecule has 0 unspecified atom stereocenters. The van der Waals surface area contributed by atoms with Gasteiger partial charge in [-0.05, 0) is 43.5 Å².